The average molecular weight is 460 g/mol. The van der Waals surface area contributed by atoms with Gasteiger partial charge in [-0.25, -0.2) is 8.42 Å². The zero-order valence-corrected chi connectivity index (χ0v) is 19.1. The van der Waals surface area contributed by atoms with Crippen LogP contribution < -0.4 is 5.32 Å². The molecule has 2 aliphatic heterocycles. The van der Waals surface area contributed by atoms with Gasteiger partial charge in [0.25, 0.3) is 0 Å². The van der Waals surface area contributed by atoms with E-state index in [1.807, 2.05) is 55.5 Å². The van der Waals surface area contributed by atoms with Crippen molar-refractivity contribution in [3.63, 3.8) is 0 Å². The third-order valence-electron chi connectivity index (χ3n) is 6.83. The second-order valence-corrected chi connectivity index (χ2v) is 10.6. The number of nitrogens with zero attached hydrogens (tertiary/aromatic N) is 2. The molecule has 33 heavy (non-hydrogen) atoms. The first-order valence-corrected chi connectivity index (χ1v) is 12.5. The van der Waals surface area contributed by atoms with Crippen molar-refractivity contribution in [2.45, 2.75) is 30.3 Å². The van der Waals surface area contributed by atoms with E-state index in [1.54, 1.807) is 22.5 Å². The van der Waals surface area contributed by atoms with E-state index in [9.17, 15) is 18.8 Å². The van der Waals surface area contributed by atoms with E-state index in [4.69, 9.17) is 0 Å². The van der Waals surface area contributed by atoms with Crippen molar-refractivity contribution in [2.24, 2.45) is 5.92 Å². The number of benzene rings is 3. The van der Waals surface area contributed by atoms with Crippen LogP contribution in [0.5, 0.6) is 0 Å². The van der Waals surface area contributed by atoms with Crippen LogP contribution in [0.4, 0.5) is 5.69 Å². The van der Waals surface area contributed by atoms with Gasteiger partial charge in [0, 0.05) is 18.2 Å². The number of aryl methyl sites for hydroxylation is 1. The van der Waals surface area contributed by atoms with E-state index >= 15 is 0 Å². The van der Waals surface area contributed by atoms with Crippen LogP contribution in [0.25, 0.3) is 11.1 Å². The number of hydrogen-bond donors (Lipinski definition) is 2. The lowest BCUT2D eigenvalue weighted by Crippen LogP contribution is -2.42. The molecule has 0 aliphatic carbocycles. The Morgan fingerprint density at radius 3 is 2.64 bits per heavy atom. The Labute approximate surface area is 194 Å². The van der Waals surface area contributed by atoms with Gasteiger partial charge in [0.1, 0.15) is 0 Å². The summed E-state index contributed by atoms with van der Waals surface area (Å²) in [7, 11) is -3.72. The molecule has 0 unspecified atom stereocenters. The average Bonchev–Trinajstić information content (AvgIpc) is 3.30. The van der Waals surface area contributed by atoms with Gasteiger partial charge in [-0.3, -0.25) is 0 Å². The van der Waals surface area contributed by atoms with Gasteiger partial charge in [-0.05, 0) is 65.9 Å². The Kier molecular flexibility index (Phi) is 5.45. The molecule has 0 radical (unpaired) electrons. The third-order valence-corrected chi connectivity index (χ3v) is 8.87. The molecule has 2 N–H and O–H groups in total. The van der Waals surface area contributed by atoms with Gasteiger partial charge >= 0.3 is 0 Å². The summed E-state index contributed by atoms with van der Waals surface area (Å²) in [6, 6.07) is 22.0. The summed E-state index contributed by atoms with van der Waals surface area (Å²) in [4.78, 5) is 0.323. The summed E-state index contributed by atoms with van der Waals surface area (Å²) in [5.41, 5.74) is 4.86. The molecule has 0 spiro atoms. The van der Waals surface area contributed by atoms with Gasteiger partial charge in [-0.2, -0.15) is 9.57 Å². The van der Waals surface area contributed by atoms with Crippen LogP contribution in [0.1, 0.15) is 29.2 Å². The predicted octanol–water partition coefficient (Wildman–Crippen LogP) is 4.07. The molecule has 168 valence electrons. The predicted molar refractivity (Wildman–Crippen MR) is 127 cm³/mol. The number of anilines is 1. The number of nitriles is 1. The van der Waals surface area contributed by atoms with Crippen molar-refractivity contribution < 1.29 is 13.5 Å². The normalized spacial score (nSPS) is 22.2. The second kappa shape index (κ2) is 8.31. The first-order valence-electron chi connectivity index (χ1n) is 11.0. The fourth-order valence-electron chi connectivity index (χ4n) is 5.21. The molecule has 5 rings (SSSR count). The second-order valence-electron chi connectivity index (χ2n) is 8.71. The minimum atomic E-state index is -3.72. The van der Waals surface area contributed by atoms with Crippen molar-refractivity contribution in [2.75, 3.05) is 18.5 Å². The quantitative estimate of drug-likeness (QED) is 0.613. The number of hydrogen-bond acceptors (Lipinski definition) is 5. The Hall–Kier alpha value is -3.18. The van der Waals surface area contributed by atoms with E-state index in [1.165, 1.54) is 0 Å². The highest BCUT2D eigenvalue weighted by Gasteiger charge is 2.48. The zero-order chi connectivity index (χ0) is 23.2. The fraction of sp³-hybridized carbons (Fsp3) is 0.269. The molecule has 2 heterocycles. The van der Waals surface area contributed by atoms with Gasteiger partial charge < -0.3 is 10.4 Å². The molecular weight excluding hydrogens is 434 g/mol. The zero-order valence-electron chi connectivity index (χ0n) is 18.3. The highest BCUT2D eigenvalue weighted by Crippen LogP contribution is 2.49. The van der Waals surface area contributed by atoms with E-state index < -0.39 is 10.0 Å². The van der Waals surface area contributed by atoms with Gasteiger partial charge in [-0.1, -0.05) is 36.4 Å². The molecule has 7 heteroatoms. The summed E-state index contributed by atoms with van der Waals surface area (Å²) in [5, 5.41) is 22.7. The van der Waals surface area contributed by atoms with E-state index in [-0.39, 0.29) is 24.6 Å². The Bertz CT molecular complexity index is 1360. The summed E-state index contributed by atoms with van der Waals surface area (Å²) >= 11 is 0. The molecule has 3 atom stereocenters. The standard InChI is InChI=1S/C26H25N3O3S/c1-17-5-2-3-8-25(17)33(31,32)29-12-11-21-24(16-30)28-23-10-9-20(14-22(23)26(21)29)19-7-4-6-18(13-19)15-27/h2-10,13-14,21,24,26,28,30H,11-12,16H2,1H3/t21-,24-,26-/m0/s1. The molecule has 3 aromatic carbocycles. The third kappa shape index (κ3) is 3.61. The molecule has 6 nitrogen and oxygen atoms in total. The van der Waals surface area contributed by atoms with Crippen LogP contribution in [0.3, 0.4) is 0 Å². The van der Waals surface area contributed by atoms with E-state index in [0.717, 1.165) is 27.9 Å². The molecule has 1 fully saturated rings. The smallest absolute Gasteiger partial charge is 0.243 e. The Balaban J connectivity index is 1.63. The minimum absolute atomic E-state index is 0.0398. The van der Waals surface area contributed by atoms with Crippen LogP contribution >= 0.6 is 0 Å². The van der Waals surface area contributed by atoms with Crippen molar-refractivity contribution in [3.05, 3.63) is 83.4 Å². The molecule has 1 saturated heterocycles. The lowest BCUT2D eigenvalue weighted by Gasteiger charge is -2.39. The van der Waals surface area contributed by atoms with E-state index in [2.05, 4.69) is 11.4 Å². The molecule has 3 aromatic rings. The summed E-state index contributed by atoms with van der Waals surface area (Å²) in [6.45, 7) is 2.15. The van der Waals surface area contributed by atoms with Gasteiger partial charge in [0.2, 0.25) is 10.0 Å². The summed E-state index contributed by atoms with van der Waals surface area (Å²) < 4.78 is 29.1. The van der Waals surface area contributed by atoms with Crippen LogP contribution in [0.15, 0.2) is 71.6 Å². The topological polar surface area (TPSA) is 93.4 Å². The molecule has 2 aliphatic rings. The van der Waals surface area contributed by atoms with Crippen LogP contribution in [-0.2, 0) is 10.0 Å². The summed E-state index contributed by atoms with van der Waals surface area (Å²) in [6.07, 6.45) is 0.668. The van der Waals surface area contributed by atoms with Crippen LogP contribution in [-0.4, -0.2) is 37.0 Å². The monoisotopic (exact) mass is 459 g/mol. The SMILES string of the molecule is Cc1ccccc1S(=O)(=O)N1CC[C@H]2[C@H](CO)Nc3ccc(-c4cccc(C#N)c4)cc3[C@H]21. The maximum atomic E-state index is 13.8. The number of fused-ring (bicyclic) bond motifs is 3. The maximum absolute atomic E-state index is 13.8. The van der Waals surface area contributed by atoms with Gasteiger partial charge in [0.05, 0.1) is 35.2 Å². The molecule has 0 amide bonds. The van der Waals surface area contributed by atoms with Crippen molar-refractivity contribution in [1.82, 2.24) is 4.31 Å². The largest absolute Gasteiger partial charge is 0.394 e. The van der Waals surface area contributed by atoms with Crippen molar-refractivity contribution in [3.8, 4) is 17.2 Å². The lowest BCUT2D eigenvalue weighted by molar-refractivity contribution is 0.210. The Morgan fingerprint density at radius 2 is 1.88 bits per heavy atom. The number of rotatable bonds is 4. The molecular formula is C26H25N3O3S. The Morgan fingerprint density at radius 1 is 1.09 bits per heavy atom. The fourth-order valence-corrected chi connectivity index (χ4v) is 7.10. The molecule has 0 aromatic heterocycles. The lowest BCUT2D eigenvalue weighted by atomic mass is 9.82. The van der Waals surface area contributed by atoms with Gasteiger partial charge in [-0.15, -0.1) is 0 Å². The maximum Gasteiger partial charge on any atom is 0.243 e. The highest BCUT2D eigenvalue weighted by atomic mass is 32.2. The summed E-state index contributed by atoms with van der Waals surface area (Å²) in [5.74, 6) is -0.0398. The van der Waals surface area contributed by atoms with E-state index in [0.29, 0.717) is 23.4 Å². The van der Waals surface area contributed by atoms with Crippen molar-refractivity contribution >= 4 is 15.7 Å². The molecule has 0 saturated carbocycles. The number of aliphatic hydroxyl groups excluding tert-OH is 1. The first-order chi connectivity index (χ1) is 15.9. The number of aliphatic hydroxyl groups is 1. The van der Waals surface area contributed by atoms with Crippen molar-refractivity contribution in [1.29, 1.82) is 5.26 Å². The molecule has 0 bridgehead atoms. The highest BCUT2D eigenvalue weighted by molar-refractivity contribution is 7.89. The minimum Gasteiger partial charge on any atom is -0.394 e. The number of nitrogens with one attached hydrogen (secondary N) is 1. The first kappa shape index (κ1) is 21.7. The van der Waals surface area contributed by atoms with Crippen LogP contribution in [0.2, 0.25) is 0 Å². The van der Waals surface area contributed by atoms with Crippen LogP contribution in [0, 0.1) is 24.2 Å². The number of sulfonamides is 1. The van der Waals surface area contributed by atoms with Gasteiger partial charge in [0.15, 0.2) is 0 Å².